The van der Waals surface area contributed by atoms with E-state index in [1.807, 2.05) is 35.2 Å². The fourth-order valence-electron chi connectivity index (χ4n) is 3.47. The Kier molecular flexibility index (Phi) is 3.65. The van der Waals surface area contributed by atoms with E-state index in [1.54, 1.807) is 19.9 Å². The molecule has 0 aliphatic carbocycles. The predicted octanol–water partition coefficient (Wildman–Crippen LogP) is 4.22. The fourth-order valence-corrected chi connectivity index (χ4v) is 5.26. The Morgan fingerprint density at radius 1 is 0.962 bits per heavy atom. The summed E-state index contributed by atoms with van der Waals surface area (Å²) in [5, 5.41) is 0.438. The predicted molar refractivity (Wildman–Crippen MR) is 103 cm³/mol. The monoisotopic (exact) mass is 385 g/mol. The minimum absolute atomic E-state index is 0.0580. The molecule has 4 nitrogen and oxygen atoms in total. The summed E-state index contributed by atoms with van der Waals surface area (Å²) in [6, 6.07) is 13.5. The third-order valence-corrected chi connectivity index (χ3v) is 6.86. The molecule has 4 rings (SSSR count). The quantitative estimate of drug-likeness (QED) is 0.776. The van der Waals surface area contributed by atoms with Crippen LogP contribution in [0.1, 0.15) is 19.4 Å². The van der Waals surface area contributed by atoms with Crippen molar-refractivity contribution in [2.75, 3.05) is 4.90 Å². The van der Waals surface area contributed by atoms with Crippen molar-refractivity contribution in [2.45, 2.75) is 24.3 Å². The van der Waals surface area contributed by atoms with Crippen LogP contribution in [-0.4, -0.2) is 19.7 Å². The summed E-state index contributed by atoms with van der Waals surface area (Å²) in [4.78, 5) is 14.9. The number of rotatable bonds is 2. The van der Waals surface area contributed by atoms with Crippen LogP contribution < -0.4 is 4.90 Å². The molecule has 0 radical (unpaired) electrons. The molecule has 0 saturated heterocycles. The lowest BCUT2D eigenvalue weighted by molar-refractivity contribution is -0.117. The highest BCUT2D eigenvalue weighted by Crippen LogP contribution is 2.46. The highest BCUT2D eigenvalue weighted by atomic mass is 35.5. The summed E-state index contributed by atoms with van der Waals surface area (Å²) < 4.78 is 26.5. The smallest absolute Gasteiger partial charge is 0.212 e. The second-order valence-electron chi connectivity index (χ2n) is 6.79. The van der Waals surface area contributed by atoms with E-state index in [4.69, 9.17) is 11.6 Å². The van der Waals surface area contributed by atoms with E-state index < -0.39 is 21.2 Å². The molecule has 2 aromatic rings. The van der Waals surface area contributed by atoms with Crippen LogP contribution >= 0.6 is 11.6 Å². The van der Waals surface area contributed by atoms with Crippen LogP contribution in [0.15, 0.2) is 70.1 Å². The van der Waals surface area contributed by atoms with Gasteiger partial charge in [0.05, 0.1) is 10.6 Å². The first-order chi connectivity index (χ1) is 12.2. The maximum absolute atomic E-state index is 13.2. The van der Waals surface area contributed by atoms with Gasteiger partial charge in [0, 0.05) is 10.7 Å². The molecular formula is C20H16ClNO3S. The summed E-state index contributed by atoms with van der Waals surface area (Å²) in [6.07, 6.45) is 3.55. The Hall–Kier alpha value is -2.37. The first kappa shape index (κ1) is 17.1. The molecule has 2 aliphatic heterocycles. The molecule has 2 heterocycles. The van der Waals surface area contributed by atoms with E-state index in [-0.39, 0.29) is 9.80 Å². The first-order valence-corrected chi connectivity index (χ1v) is 9.98. The number of hydrogen-bond donors (Lipinski definition) is 0. The Morgan fingerprint density at radius 2 is 1.62 bits per heavy atom. The van der Waals surface area contributed by atoms with E-state index in [0.29, 0.717) is 10.7 Å². The van der Waals surface area contributed by atoms with Crippen LogP contribution in [-0.2, 0) is 14.6 Å². The number of sulfone groups is 1. The number of Topliss-reactive ketones (excluding diaryl/α,β-unsaturated/α-hetero) is 1. The van der Waals surface area contributed by atoms with Gasteiger partial charge in [-0.15, -0.1) is 0 Å². The number of halogens is 1. The van der Waals surface area contributed by atoms with Gasteiger partial charge >= 0.3 is 0 Å². The molecule has 0 atom stereocenters. The molecule has 0 saturated carbocycles. The zero-order valence-electron chi connectivity index (χ0n) is 14.2. The lowest BCUT2D eigenvalue weighted by Gasteiger charge is -2.36. The number of carbonyl (C=O) groups excluding carboxylic acids is 1. The lowest BCUT2D eigenvalue weighted by Crippen LogP contribution is -2.45. The molecule has 0 spiro atoms. The van der Waals surface area contributed by atoms with Gasteiger partial charge < -0.3 is 4.90 Å². The highest BCUT2D eigenvalue weighted by molar-refractivity contribution is 7.96. The Bertz CT molecular complexity index is 1100. The minimum Gasteiger partial charge on any atom is -0.327 e. The van der Waals surface area contributed by atoms with Gasteiger partial charge in [0.15, 0.2) is 0 Å². The van der Waals surface area contributed by atoms with Crippen LogP contribution in [0.2, 0.25) is 5.02 Å². The summed E-state index contributed by atoms with van der Waals surface area (Å²) in [5.41, 5.74) is 1.19. The molecule has 2 aliphatic rings. The van der Waals surface area contributed by atoms with Crippen molar-refractivity contribution in [3.63, 3.8) is 0 Å². The van der Waals surface area contributed by atoms with Gasteiger partial charge in [-0.3, -0.25) is 4.79 Å². The van der Waals surface area contributed by atoms with Crippen LogP contribution in [0, 0.1) is 0 Å². The Morgan fingerprint density at radius 3 is 2.31 bits per heavy atom. The second kappa shape index (κ2) is 5.56. The summed E-state index contributed by atoms with van der Waals surface area (Å²) in [5.74, 6) is -0.413. The van der Waals surface area contributed by atoms with E-state index in [1.165, 1.54) is 24.3 Å². The molecule has 0 aromatic heterocycles. The Labute approximate surface area is 157 Å². The summed E-state index contributed by atoms with van der Waals surface area (Å²) >= 11 is 5.87. The van der Waals surface area contributed by atoms with E-state index in [9.17, 15) is 13.2 Å². The minimum atomic E-state index is -3.97. The largest absolute Gasteiger partial charge is 0.327 e. The summed E-state index contributed by atoms with van der Waals surface area (Å²) in [6.45, 7) is 3.49. The fraction of sp³-hybridized carbons (Fsp3) is 0.150. The molecule has 0 amide bonds. The zero-order valence-corrected chi connectivity index (χ0v) is 15.8. The zero-order chi connectivity index (χ0) is 18.7. The van der Waals surface area contributed by atoms with Crippen LogP contribution in [0.25, 0.3) is 6.08 Å². The van der Waals surface area contributed by atoms with Crippen LogP contribution in [0.4, 0.5) is 5.69 Å². The van der Waals surface area contributed by atoms with Crippen molar-refractivity contribution in [1.29, 1.82) is 0 Å². The molecule has 2 aromatic carbocycles. The third-order valence-electron chi connectivity index (χ3n) is 4.79. The van der Waals surface area contributed by atoms with Crippen molar-refractivity contribution in [3.05, 3.63) is 75.8 Å². The number of hydrogen-bond acceptors (Lipinski definition) is 4. The average Bonchev–Trinajstić information content (AvgIpc) is 2.82. The number of para-hydroxylation sites is 1. The molecule has 0 bridgehead atoms. The van der Waals surface area contributed by atoms with Gasteiger partial charge in [-0.1, -0.05) is 35.9 Å². The van der Waals surface area contributed by atoms with Gasteiger partial charge in [0.1, 0.15) is 10.4 Å². The topological polar surface area (TPSA) is 54.5 Å². The standard InChI is InChI=1S/C20H16ClNO3S/c1-20(2)19(23)18(26(24,25)15-10-8-14(21)9-11-15)17-12-7-13-5-3-4-6-16(13)22(17)20/h3-12H,1-2H3. The number of carbonyl (C=O) groups is 1. The van der Waals surface area contributed by atoms with Crippen molar-refractivity contribution < 1.29 is 13.2 Å². The SMILES string of the molecule is CC1(C)C(=O)C(S(=O)(=O)c2ccc(Cl)cc2)=C2C=Cc3ccccc3N21. The van der Waals surface area contributed by atoms with E-state index >= 15 is 0 Å². The lowest BCUT2D eigenvalue weighted by atomic mass is 9.97. The van der Waals surface area contributed by atoms with Crippen molar-refractivity contribution in [1.82, 2.24) is 0 Å². The van der Waals surface area contributed by atoms with Crippen molar-refractivity contribution >= 4 is 39.0 Å². The number of allylic oxidation sites excluding steroid dienone is 1. The van der Waals surface area contributed by atoms with Gasteiger partial charge in [-0.05, 0) is 55.8 Å². The normalized spacial score (nSPS) is 18.1. The number of fused-ring (bicyclic) bond motifs is 3. The van der Waals surface area contributed by atoms with E-state index in [0.717, 1.165) is 11.3 Å². The maximum atomic E-state index is 13.2. The number of anilines is 1. The summed E-state index contributed by atoms with van der Waals surface area (Å²) in [7, 11) is -3.97. The molecule has 6 heteroatoms. The maximum Gasteiger partial charge on any atom is 0.212 e. The van der Waals surface area contributed by atoms with Gasteiger partial charge in [0.2, 0.25) is 15.6 Å². The highest BCUT2D eigenvalue weighted by Gasteiger charge is 2.51. The molecule has 132 valence electrons. The average molecular weight is 386 g/mol. The molecule has 0 unspecified atom stereocenters. The first-order valence-electron chi connectivity index (χ1n) is 8.11. The molecule has 0 N–H and O–H groups in total. The van der Waals surface area contributed by atoms with Gasteiger partial charge in [-0.2, -0.15) is 0 Å². The van der Waals surface area contributed by atoms with Crippen LogP contribution in [0.5, 0.6) is 0 Å². The number of ketones is 1. The van der Waals surface area contributed by atoms with Gasteiger partial charge in [0.25, 0.3) is 0 Å². The van der Waals surface area contributed by atoms with E-state index in [2.05, 4.69) is 0 Å². The number of nitrogens with zero attached hydrogens (tertiary/aromatic N) is 1. The molecule has 26 heavy (non-hydrogen) atoms. The van der Waals surface area contributed by atoms with Gasteiger partial charge in [-0.25, -0.2) is 8.42 Å². The second-order valence-corrected chi connectivity index (χ2v) is 9.11. The van der Waals surface area contributed by atoms with Crippen molar-refractivity contribution in [3.8, 4) is 0 Å². The number of benzene rings is 2. The van der Waals surface area contributed by atoms with Crippen molar-refractivity contribution in [2.24, 2.45) is 0 Å². The third kappa shape index (κ3) is 2.27. The van der Waals surface area contributed by atoms with Crippen LogP contribution in [0.3, 0.4) is 0 Å². The Balaban J connectivity index is 1.97. The molecule has 0 fully saturated rings. The molecular weight excluding hydrogens is 370 g/mol.